The second kappa shape index (κ2) is 3.76. The first kappa shape index (κ1) is 10.5. The van der Waals surface area contributed by atoms with E-state index < -0.39 is 13.3 Å². The summed E-state index contributed by atoms with van der Waals surface area (Å²) < 4.78 is 34.2. The minimum atomic E-state index is -4.47. The fourth-order valence-corrected chi connectivity index (χ4v) is 0.732. The van der Waals surface area contributed by atoms with E-state index >= 15 is 0 Å². The van der Waals surface area contributed by atoms with Gasteiger partial charge in [-0.25, -0.2) is 0 Å². The molecule has 0 atom stereocenters. The Labute approximate surface area is 95.1 Å². The van der Waals surface area contributed by atoms with Crippen molar-refractivity contribution < 1.29 is 64.3 Å². The Morgan fingerprint density at radius 1 is 1.22 bits per heavy atom. The van der Waals surface area contributed by atoms with Crippen LogP contribution in [0, 0.1) is 5.92 Å². The summed E-state index contributed by atoms with van der Waals surface area (Å²) in [5.41, 5.74) is 0. The van der Waals surface area contributed by atoms with Crippen molar-refractivity contribution in [3.63, 3.8) is 0 Å². The number of hydrogen-bond acceptors (Lipinski definition) is 0. The van der Waals surface area contributed by atoms with Crippen molar-refractivity contribution in [1.29, 1.82) is 0 Å². The Morgan fingerprint density at radius 2 is 1.67 bits per heavy atom. The van der Waals surface area contributed by atoms with Gasteiger partial charge in [-0.1, -0.05) is 25.1 Å². The monoisotopic (exact) mass is 162 g/mol. The average Bonchev–Trinajstić information content (AvgIpc) is 2.12. The SMILES string of the molecule is F[B-](F)(F)CC1CC1.[K+]. The zero-order valence-electron chi connectivity index (χ0n) is 5.41. The standard InChI is InChI=1S/C4H7BF3.K/c6-5(7,8)3-4-1-2-4;/h4H,1-3H2;/q-1;+1. The second-order valence-corrected chi connectivity index (χ2v) is 2.39. The molecule has 9 heavy (non-hydrogen) atoms. The first-order valence-corrected chi connectivity index (χ1v) is 2.79. The zero-order chi connectivity index (χ0) is 6.20. The summed E-state index contributed by atoms with van der Waals surface area (Å²) in [4.78, 5) is 0. The Bertz CT molecular complexity index is 88.3. The van der Waals surface area contributed by atoms with Crippen molar-refractivity contribution in [3.05, 3.63) is 0 Å². The Hall–Kier alpha value is 1.49. The van der Waals surface area contributed by atoms with Gasteiger partial charge in [-0.3, -0.25) is 0 Å². The van der Waals surface area contributed by atoms with E-state index in [1.165, 1.54) is 0 Å². The van der Waals surface area contributed by atoms with Gasteiger partial charge in [0.25, 0.3) is 0 Å². The summed E-state index contributed by atoms with van der Waals surface area (Å²) in [6.07, 6.45) is 1.09. The van der Waals surface area contributed by atoms with E-state index in [0.29, 0.717) is 0 Å². The molecule has 0 radical (unpaired) electrons. The summed E-state index contributed by atoms with van der Waals surface area (Å²) in [6, 6.07) is 0. The van der Waals surface area contributed by atoms with Crippen molar-refractivity contribution >= 4 is 6.98 Å². The molecular weight excluding hydrogens is 155 g/mol. The minimum Gasteiger partial charge on any atom is -0.449 e. The number of halogens is 3. The van der Waals surface area contributed by atoms with Gasteiger partial charge in [-0.05, 0) is 0 Å². The van der Waals surface area contributed by atoms with Crippen molar-refractivity contribution in [2.75, 3.05) is 0 Å². The van der Waals surface area contributed by atoms with Crippen LogP contribution in [0.25, 0.3) is 0 Å². The van der Waals surface area contributed by atoms with Crippen LogP contribution in [0.4, 0.5) is 12.9 Å². The molecule has 0 aromatic carbocycles. The molecule has 0 aromatic rings. The van der Waals surface area contributed by atoms with Crippen molar-refractivity contribution in [3.8, 4) is 0 Å². The summed E-state index contributed by atoms with van der Waals surface area (Å²) in [5, 5.41) is 0. The van der Waals surface area contributed by atoms with E-state index in [0.717, 1.165) is 12.8 Å². The Kier molecular flexibility index (Phi) is 4.38. The van der Waals surface area contributed by atoms with Gasteiger partial charge >= 0.3 is 58.4 Å². The molecule has 0 amide bonds. The Balaban J connectivity index is 0.000000640. The predicted octanol–water partition coefficient (Wildman–Crippen LogP) is -0.752. The van der Waals surface area contributed by atoms with Gasteiger partial charge in [0.15, 0.2) is 0 Å². The van der Waals surface area contributed by atoms with Gasteiger partial charge in [-0.2, -0.15) is 0 Å². The van der Waals surface area contributed by atoms with E-state index in [2.05, 4.69) is 0 Å². The maximum absolute atomic E-state index is 11.4. The molecule has 0 unspecified atom stereocenters. The topological polar surface area (TPSA) is 0 Å². The third kappa shape index (κ3) is 5.91. The number of hydrogen-bond donors (Lipinski definition) is 0. The minimum absolute atomic E-state index is 0. The van der Waals surface area contributed by atoms with Crippen LogP contribution in [0.3, 0.4) is 0 Å². The largest absolute Gasteiger partial charge is 1.00 e. The van der Waals surface area contributed by atoms with Gasteiger partial charge in [0.1, 0.15) is 0 Å². The molecule has 0 bridgehead atoms. The molecule has 0 saturated heterocycles. The van der Waals surface area contributed by atoms with Crippen molar-refractivity contribution in [2.24, 2.45) is 5.92 Å². The van der Waals surface area contributed by atoms with E-state index in [-0.39, 0.29) is 57.3 Å². The molecule has 1 saturated carbocycles. The molecule has 48 valence electrons. The second-order valence-electron chi connectivity index (χ2n) is 2.39. The van der Waals surface area contributed by atoms with Gasteiger partial charge in [-0.15, -0.1) is 0 Å². The van der Waals surface area contributed by atoms with Crippen LogP contribution in [-0.4, -0.2) is 6.98 Å². The first-order chi connectivity index (χ1) is 3.58. The van der Waals surface area contributed by atoms with E-state index in [1.807, 2.05) is 0 Å². The molecule has 1 rings (SSSR count). The van der Waals surface area contributed by atoms with Gasteiger partial charge < -0.3 is 12.9 Å². The number of rotatable bonds is 2. The molecule has 0 nitrogen and oxygen atoms in total. The fourth-order valence-electron chi connectivity index (χ4n) is 0.732. The zero-order valence-corrected chi connectivity index (χ0v) is 8.53. The summed E-state index contributed by atoms with van der Waals surface area (Å²) in [7, 11) is 0. The molecule has 1 aliphatic carbocycles. The molecule has 0 aliphatic heterocycles. The van der Waals surface area contributed by atoms with Crippen molar-refractivity contribution in [2.45, 2.75) is 19.2 Å². The van der Waals surface area contributed by atoms with Crippen LogP contribution < -0.4 is 51.4 Å². The Morgan fingerprint density at radius 3 is 1.78 bits per heavy atom. The average molecular weight is 162 g/mol. The normalized spacial score (nSPS) is 19.0. The molecule has 5 heteroatoms. The maximum Gasteiger partial charge on any atom is 1.00 e. The van der Waals surface area contributed by atoms with Crippen LogP contribution >= 0.6 is 0 Å². The molecule has 0 heterocycles. The van der Waals surface area contributed by atoms with Crippen LogP contribution in [-0.2, 0) is 0 Å². The summed E-state index contributed by atoms with van der Waals surface area (Å²) in [5.74, 6) is -0.00463. The van der Waals surface area contributed by atoms with Crippen LogP contribution in [0.2, 0.25) is 6.32 Å². The van der Waals surface area contributed by atoms with E-state index in [9.17, 15) is 12.9 Å². The molecule has 1 aliphatic rings. The third-order valence-electron chi connectivity index (χ3n) is 1.30. The third-order valence-corrected chi connectivity index (χ3v) is 1.30. The first-order valence-electron chi connectivity index (χ1n) is 2.79. The van der Waals surface area contributed by atoms with Crippen molar-refractivity contribution in [1.82, 2.24) is 0 Å². The maximum atomic E-state index is 11.4. The molecule has 0 spiro atoms. The van der Waals surface area contributed by atoms with Gasteiger partial charge in [0, 0.05) is 0 Å². The predicted molar refractivity (Wildman–Crippen MR) is 26.6 cm³/mol. The smallest absolute Gasteiger partial charge is 0.449 e. The van der Waals surface area contributed by atoms with Gasteiger partial charge in [0.2, 0.25) is 0 Å². The quantitative estimate of drug-likeness (QED) is 0.468. The van der Waals surface area contributed by atoms with E-state index in [4.69, 9.17) is 0 Å². The van der Waals surface area contributed by atoms with Gasteiger partial charge in [0.05, 0.1) is 0 Å². The summed E-state index contributed by atoms with van der Waals surface area (Å²) >= 11 is 0. The van der Waals surface area contributed by atoms with Crippen LogP contribution in [0.1, 0.15) is 12.8 Å². The molecular formula is C4H7BF3K. The van der Waals surface area contributed by atoms with E-state index in [1.54, 1.807) is 0 Å². The van der Waals surface area contributed by atoms with Crippen LogP contribution in [0.5, 0.6) is 0 Å². The fraction of sp³-hybridized carbons (Fsp3) is 1.00. The molecule has 0 aromatic heterocycles. The van der Waals surface area contributed by atoms with Crippen LogP contribution in [0.15, 0.2) is 0 Å². The summed E-state index contributed by atoms with van der Waals surface area (Å²) in [6.45, 7) is -4.47. The molecule has 0 N–H and O–H groups in total. The molecule has 1 fully saturated rings.